The molecule has 26 heavy (non-hydrogen) atoms. The van der Waals surface area contributed by atoms with Crippen LogP contribution in [-0.4, -0.2) is 50.7 Å². The molecule has 0 bridgehead atoms. The van der Waals surface area contributed by atoms with Crippen molar-refractivity contribution in [3.8, 4) is 0 Å². The Kier molecular flexibility index (Phi) is 5.53. The fourth-order valence-corrected chi connectivity index (χ4v) is 3.02. The molecule has 9 heteroatoms. The quantitative estimate of drug-likeness (QED) is 0.747. The molecule has 0 aliphatic carbocycles. The fourth-order valence-electron chi connectivity index (χ4n) is 2.91. The Balaban J connectivity index is 1.61. The smallest absolute Gasteiger partial charge is 0.243 e. The summed E-state index contributed by atoms with van der Waals surface area (Å²) < 4.78 is 5.05. The molecule has 138 valence electrons. The number of aliphatic hydroxyl groups is 1. The number of β-amino-alcohol motifs (C(OH)–C–C–N with tert-alkyl or cyclic N) is 1. The molecular weight excluding hydrogens is 360 g/mol. The second-order valence-electron chi connectivity index (χ2n) is 6.27. The summed E-state index contributed by atoms with van der Waals surface area (Å²) in [5.41, 5.74) is 1.47. The first-order valence-corrected chi connectivity index (χ1v) is 8.58. The van der Waals surface area contributed by atoms with Crippen LogP contribution in [0.5, 0.6) is 0 Å². The largest absolute Gasteiger partial charge is 0.391 e. The molecule has 0 unspecified atom stereocenters. The van der Waals surface area contributed by atoms with Crippen molar-refractivity contribution in [1.29, 1.82) is 0 Å². The molecule has 0 radical (unpaired) electrons. The molecule has 8 nitrogen and oxygen atoms in total. The van der Waals surface area contributed by atoms with Crippen LogP contribution < -0.4 is 5.32 Å². The summed E-state index contributed by atoms with van der Waals surface area (Å²) in [5.74, 6) is -0.176. The molecule has 2 amide bonds. The van der Waals surface area contributed by atoms with Crippen LogP contribution >= 0.6 is 11.6 Å². The number of likely N-dealkylation sites (tertiary alicyclic amines) is 1. The van der Waals surface area contributed by atoms with Crippen molar-refractivity contribution in [1.82, 2.24) is 20.4 Å². The van der Waals surface area contributed by atoms with Crippen LogP contribution in [0.3, 0.4) is 0 Å². The van der Waals surface area contributed by atoms with Gasteiger partial charge >= 0.3 is 0 Å². The summed E-state index contributed by atoms with van der Waals surface area (Å²) in [6, 6.07) is 4.35. The Bertz CT molecular complexity index is 792. The van der Waals surface area contributed by atoms with E-state index in [0.717, 1.165) is 5.56 Å². The lowest BCUT2D eigenvalue weighted by Gasteiger charge is -2.23. The van der Waals surface area contributed by atoms with Gasteiger partial charge in [0, 0.05) is 31.8 Å². The average Bonchev–Trinajstić information content (AvgIpc) is 3.19. The maximum Gasteiger partial charge on any atom is 0.243 e. The molecule has 1 aliphatic rings. The molecule has 2 aromatic rings. The van der Waals surface area contributed by atoms with Crippen LogP contribution in [-0.2, 0) is 22.6 Å². The summed E-state index contributed by atoms with van der Waals surface area (Å²) in [5, 5.41) is 16.8. The Morgan fingerprint density at radius 3 is 2.92 bits per heavy atom. The number of pyridine rings is 1. The first-order valence-electron chi connectivity index (χ1n) is 8.20. The summed E-state index contributed by atoms with van der Waals surface area (Å²) >= 11 is 5.73. The Morgan fingerprint density at radius 1 is 1.46 bits per heavy atom. The van der Waals surface area contributed by atoms with Gasteiger partial charge < -0.3 is 19.8 Å². The van der Waals surface area contributed by atoms with Crippen molar-refractivity contribution in [2.45, 2.75) is 38.5 Å². The third kappa shape index (κ3) is 4.39. The maximum absolute atomic E-state index is 12.5. The number of carbonyl (C=O) groups excluding carboxylic acids is 2. The van der Waals surface area contributed by atoms with E-state index in [1.807, 2.05) is 0 Å². The summed E-state index contributed by atoms with van der Waals surface area (Å²) in [6.07, 6.45) is 1.04. The molecule has 3 heterocycles. The van der Waals surface area contributed by atoms with Crippen molar-refractivity contribution < 1.29 is 19.2 Å². The van der Waals surface area contributed by atoms with E-state index in [0.29, 0.717) is 16.6 Å². The van der Waals surface area contributed by atoms with Gasteiger partial charge in [-0.3, -0.25) is 9.59 Å². The monoisotopic (exact) mass is 378 g/mol. The van der Waals surface area contributed by atoms with Crippen LogP contribution in [0.1, 0.15) is 23.4 Å². The van der Waals surface area contributed by atoms with Gasteiger partial charge in [0.1, 0.15) is 17.0 Å². The van der Waals surface area contributed by atoms with Gasteiger partial charge in [0.15, 0.2) is 0 Å². The SMILES string of the molecule is Cc1cc(CC(=O)N2C[C@H](O)C[C@H]2C(=O)NCc2ccc(Cl)nc2)on1. The molecule has 3 rings (SSSR count). The Labute approximate surface area is 155 Å². The normalized spacial score (nSPS) is 19.6. The number of aromatic nitrogens is 2. The lowest BCUT2D eigenvalue weighted by atomic mass is 10.1. The van der Waals surface area contributed by atoms with Crippen molar-refractivity contribution in [3.05, 3.63) is 46.6 Å². The minimum atomic E-state index is -0.733. The van der Waals surface area contributed by atoms with Gasteiger partial charge in [0.25, 0.3) is 0 Å². The Morgan fingerprint density at radius 2 is 2.27 bits per heavy atom. The molecule has 1 aliphatic heterocycles. The van der Waals surface area contributed by atoms with E-state index in [1.54, 1.807) is 31.3 Å². The number of nitrogens with zero attached hydrogens (tertiary/aromatic N) is 3. The molecule has 2 N–H and O–H groups in total. The number of nitrogens with one attached hydrogen (secondary N) is 1. The van der Waals surface area contributed by atoms with E-state index in [2.05, 4.69) is 15.5 Å². The molecule has 1 saturated heterocycles. The lowest BCUT2D eigenvalue weighted by molar-refractivity contribution is -0.138. The number of rotatable bonds is 5. The molecule has 1 fully saturated rings. The zero-order chi connectivity index (χ0) is 18.7. The molecule has 0 spiro atoms. The molecule has 2 atom stereocenters. The minimum absolute atomic E-state index is 0.00154. The predicted octanol–water partition coefficient (Wildman–Crippen LogP) is 0.852. The molecular formula is C17H19ClN4O4. The standard InChI is InChI=1S/C17H19ClN4O4/c1-10-4-13(26-21-10)6-16(24)22-9-12(23)5-14(22)17(25)20-8-11-2-3-15(18)19-7-11/h2-4,7,12,14,23H,5-6,8-9H2,1H3,(H,20,25)/t12-,14+/m1/s1. The molecule has 2 aromatic heterocycles. The average molecular weight is 379 g/mol. The van der Waals surface area contributed by atoms with Gasteiger partial charge in [-0.2, -0.15) is 0 Å². The van der Waals surface area contributed by atoms with Crippen molar-refractivity contribution in [2.24, 2.45) is 0 Å². The second-order valence-corrected chi connectivity index (χ2v) is 6.66. The van der Waals surface area contributed by atoms with Gasteiger partial charge in [-0.15, -0.1) is 0 Å². The highest BCUT2D eigenvalue weighted by Crippen LogP contribution is 2.20. The zero-order valence-electron chi connectivity index (χ0n) is 14.2. The van der Waals surface area contributed by atoms with E-state index in [9.17, 15) is 14.7 Å². The van der Waals surface area contributed by atoms with E-state index < -0.39 is 12.1 Å². The lowest BCUT2D eigenvalue weighted by Crippen LogP contribution is -2.46. The number of hydrogen-bond acceptors (Lipinski definition) is 6. The van der Waals surface area contributed by atoms with Crippen LogP contribution in [0.2, 0.25) is 5.15 Å². The van der Waals surface area contributed by atoms with Crippen LogP contribution in [0.25, 0.3) is 0 Å². The van der Waals surface area contributed by atoms with Gasteiger partial charge in [-0.05, 0) is 18.6 Å². The van der Waals surface area contributed by atoms with E-state index in [1.165, 1.54) is 4.90 Å². The highest BCUT2D eigenvalue weighted by molar-refractivity contribution is 6.29. The maximum atomic E-state index is 12.5. The van der Waals surface area contributed by atoms with Gasteiger partial charge in [0.05, 0.1) is 18.2 Å². The van der Waals surface area contributed by atoms with Crippen LogP contribution in [0, 0.1) is 6.92 Å². The Hall–Kier alpha value is -2.45. The third-order valence-corrected chi connectivity index (χ3v) is 4.38. The van der Waals surface area contributed by atoms with E-state index >= 15 is 0 Å². The highest BCUT2D eigenvalue weighted by atomic mass is 35.5. The van der Waals surface area contributed by atoms with Crippen LogP contribution in [0.15, 0.2) is 28.9 Å². The van der Waals surface area contributed by atoms with E-state index in [4.69, 9.17) is 16.1 Å². The van der Waals surface area contributed by atoms with Crippen molar-refractivity contribution >= 4 is 23.4 Å². The number of aryl methyl sites for hydroxylation is 1. The number of carbonyl (C=O) groups is 2. The predicted molar refractivity (Wildman–Crippen MR) is 92.2 cm³/mol. The van der Waals surface area contributed by atoms with E-state index in [-0.39, 0.29) is 37.7 Å². The van der Waals surface area contributed by atoms with Crippen molar-refractivity contribution in [2.75, 3.05) is 6.54 Å². The fraction of sp³-hybridized carbons (Fsp3) is 0.412. The second kappa shape index (κ2) is 7.84. The number of amides is 2. The number of aliphatic hydroxyl groups excluding tert-OH is 1. The third-order valence-electron chi connectivity index (χ3n) is 4.16. The first kappa shape index (κ1) is 18.3. The van der Waals surface area contributed by atoms with Crippen LogP contribution in [0.4, 0.5) is 0 Å². The zero-order valence-corrected chi connectivity index (χ0v) is 14.9. The first-order chi connectivity index (χ1) is 12.4. The summed E-state index contributed by atoms with van der Waals surface area (Å²) in [6.45, 7) is 2.14. The van der Waals surface area contributed by atoms with Gasteiger partial charge in [0.2, 0.25) is 11.8 Å². The van der Waals surface area contributed by atoms with Gasteiger partial charge in [-0.25, -0.2) is 4.98 Å². The number of halogens is 1. The molecule has 0 saturated carbocycles. The molecule has 0 aromatic carbocycles. The van der Waals surface area contributed by atoms with Gasteiger partial charge in [-0.1, -0.05) is 22.8 Å². The topological polar surface area (TPSA) is 109 Å². The summed E-state index contributed by atoms with van der Waals surface area (Å²) in [4.78, 5) is 30.4. The number of hydrogen-bond donors (Lipinski definition) is 2. The highest BCUT2D eigenvalue weighted by Gasteiger charge is 2.38. The minimum Gasteiger partial charge on any atom is -0.391 e. The summed E-state index contributed by atoms with van der Waals surface area (Å²) in [7, 11) is 0. The van der Waals surface area contributed by atoms with Crippen molar-refractivity contribution in [3.63, 3.8) is 0 Å².